The van der Waals surface area contributed by atoms with Crippen LogP contribution in [-0.2, 0) is 11.8 Å². The quantitative estimate of drug-likeness (QED) is 0.835. The molecular formula is C12H15N5O. The number of amides is 1. The van der Waals surface area contributed by atoms with Crippen molar-refractivity contribution in [1.82, 2.24) is 14.8 Å². The fourth-order valence-corrected chi connectivity index (χ4v) is 1.63. The van der Waals surface area contributed by atoms with Crippen LogP contribution in [0.2, 0.25) is 0 Å². The zero-order valence-corrected chi connectivity index (χ0v) is 10.6. The molecule has 0 radical (unpaired) electrons. The molecule has 6 nitrogen and oxygen atoms in total. The molecule has 94 valence electrons. The van der Waals surface area contributed by atoms with Crippen molar-refractivity contribution in [2.75, 3.05) is 11.1 Å². The molecule has 0 aromatic carbocycles. The van der Waals surface area contributed by atoms with Gasteiger partial charge in [0.1, 0.15) is 5.82 Å². The minimum Gasteiger partial charge on any atom is -0.398 e. The first-order chi connectivity index (χ1) is 8.47. The zero-order chi connectivity index (χ0) is 13.3. The van der Waals surface area contributed by atoms with E-state index in [2.05, 4.69) is 15.4 Å². The fraction of sp³-hybridized carbons (Fsp3) is 0.250. The number of hydrogen-bond donors (Lipinski definition) is 2. The first-order valence-electron chi connectivity index (χ1n) is 5.51. The van der Waals surface area contributed by atoms with Gasteiger partial charge in [0.2, 0.25) is 5.91 Å². The van der Waals surface area contributed by atoms with Crippen molar-refractivity contribution in [3.63, 3.8) is 0 Å². The highest BCUT2D eigenvalue weighted by Gasteiger charge is 2.09. The van der Waals surface area contributed by atoms with E-state index < -0.39 is 0 Å². The predicted octanol–water partition coefficient (Wildman–Crippen LogP) is 1.33. The summed E-state index contributed by atoms with van der Waals surface area (Å²) >= 11 is 0. The molecule has 0 aliphatic rings. The number of anilines is 2. The van der Waals surface area contributed by atoms with Gasteiger partial charge in [-0.25, -0.2) is 4.98 Å². The van der Waals surface area contributed by atoms with Crippen molar-refractivity contribution in [3.8, 4) is 11.3 Å². The number of nitrogens with one attached hydrogen (secondary N) is 1. The Bertz CT molecular complexity index is 583. The second-order valence-electron chi connectivity index (χ2n) is 4.13. The van der Waals surface area contributed by atoms with E-state index in [9.17, 15) is 4.79 Å². The molecule has 0 fully saturated rings. The topological polar surface area (TPSA) is 85.8 Å². The first kappa shape index (κ1) is 12.1. The van der Waals surface area contributed by atoms with Gasteiger partial charge in [-0.3, -0.25) is 9.48 Å². The first-order valence-corrected chi connectivity index (χ1v) is 5.51. The number of pyridine rings is 1. The normalized spacial score (nSPS) is 10.4. The van der Waals surface area contributed by atoms with Crippen LogP contribution in [0.15, 0.2) is 18.3 Å². The Balaban J connectivity index is 2.38. The highest BCUT2D eigenvalue weighted by atomic mass is 16.1. The number of aryl methyl sites for hydroxylation is 2. The summed E-state index contributed by atoms with van der Waals surface area (Å²) in [5.41, 5.74) is 9.05. The van der Waals surface area contributed by atoms with Gasteiger partial charge in [0.15, 0.2) is 0 Å². The predicted molar refractivity (Wildman–Crippen MR) is 69.9 cm³/mol. The van der Waals surface area contributed by atoms with Crippen LogP contribution in [0.4, 0.5) is 11.5 Å². The van der Waals surface area contributed by atoms with Crippen LogP contribution in [-0.4, -0.2) is 20.7 Å². The van der Waals surface area contributed by atoms with Crippen LogP contribution < -0.4 is 11.1 Å². The molecule has 0 spiro atoms. The smallest absolute Gasteiger partial charge is 0.222 e. The van der Waals surface area contributed by atoms with Crippen LogP contribution in [0.25, 0.3) is 11.3 Å². The van der Waals surface area contributed by atoms with Gasteiger partial charge in [0.05, 0.1) is 5.69 Å². The lowest BCUT2D eigenvalue weighted by Crippen LogP contribution is -2.08. The van der Waals surface area contributed by atoms with Crippen molar-refractivity contribution in [1.29, 1.82) is 0 Å². The summed E-state index contributed by atoms with van der Waals surface area (Å²) in [5, 5.41) is 6.93. The maximum Gasteiger partial charge on any atom is 0.222 e. The molecule has 18 heavy (non-hydrogen) atoms. The maximum atomic E-state index is 10.9. The molecule has 0 atom stereocenters. The lowest BCUT2D eigenvalue weighted by atomic mass is 10.1. The van der Waals surface area contributed by atoms with Crippen molar-refractivity contribution in [2.24, 2.45) is 7.05 Å². The molecule has 2 heterocycles. The van der Waals surface area contributed by atoms with E-state index in [0.717, 1.165) is 17.0 Å². The standard InChI is InChI=1S/C12H15N5O/c1-7-4-11(16-17(7)3)9-6-14-12(5-10(9)13)15-8(2)18/h4-6H,1-3H3,(H3,13,14,15,18). The third-order valence-electron chi connectivity index (χ3n) is 2.63. The molecule has 0 bridgehead atoms. The molecule has 3 N–H and O–H groups in total. The Hall–Kier alpha value is -2.37. The largest absolute Gasteiger partial charge is 0.398 e. The molecule has 0 saturated heterocycles. The highest BCUT2D eigenvalue weighted by molar-refractivity contribution is 5.89. The van der Waals surface area contributed by atoms with Crippen LogP contribution in [0, 0.1) is 6.92 Å². The summed E-state index contributed by atoms with van der Waals surface area (Å²) < 4.78 is 1.77. The Labute approximate surface area is 105 Å². The minimum atomic E-state index is -0.177. The molecule has 0 unspecified atom stereocenters. The number of hydrogen-bond acceptors (Lipinski definition) is 4. The van der Waals surface area contributed by atoms with Gasteiger partial charge in [0.25, 0.3) is 0 Å². The average molecular weight is 245 g/mol. The summed E-state index contributed by atoms with van der Waals surface area (Å²) in [6.45, 7) is 3.39. The van der Waals surface area contributed by atoms with E-state index in [1.807, 2.05) is 20.0 Å². The summed E-state index contributed by atoms with van der Waals surface area (Å²) in [6, 6.07) is 3.56. The number of carbonyl (C=O) groups is 1. The van der Waals surface area contributed by atoms with E-state index in [-0.39, 0.29) is 5.91 Å². The zero-order valence-electron chi connectivity index (χ0n) is 10.6. The third-order valence-corrected chi connectivity index (χ3v) is 2.63. The van der Waals surface area contributed by atoms with E-state index in [0.29, 0.717) is 11.5 Å². The monoisotopic (exact) mass is 245 g/mol. The van der Waals surface area contributed by atoms with E-state index in [4.69, 9.17) is 5.73 Å². The Morgan fingerprint density at radius 2 is 2.17 bits per heavy atom. The van der Waals surface area contributed by atoms with E-state index >= 15 is 0 Å². The molecule has 2 rings (SSSR count). The lowest BCUT2D eigenvalue weighted by molar-refractivity contribution is -0.114. The second-order valence-corrected chi connectivity index (χ2v) is 4.13. The number of nitrogen functional groups attached to an aromatic ring is 1. The highest BCUT2D eigenvalue weighted by Crippen LogP contribution is 2.26. The number of carbonyl (C=O) groups excluding carboxylic acids is 1. The minimum absolute atomic E-state index is 0.177. The van der Waals surface area contributed by atoms with Gasteiger partial charge in [-0.15, -0.1) is 0 Å². The maximum absolute atomic E-state index is 10.9. The van der Waals surface area contributed by atoms with Gasteiger partial charge in [-0.2, -0.15) is 5.10 Å². The summed E-state index contributed by atoms with van der Waals surface area (Å²) in [6.07, 6.45) is 1.61. The molecule has 0 saturated carbocycles. The summed E-state index contributed by atoms with van der Waals surface area (Å²) in [7, 11) is 1.87. The fourth-order valence-electron chi connectivity index (χ4n) is 1.63. The number of rotatable bonds is 2. The molecule has 2 aromatic heterocycles. The third kappa shape index (κ3) is 2.32. The van der Waals surface area contributed by atoms with Gasteiger partial charge >= 0.3 is 0 Å². The van der Waals surface area contributed by atoms with Gasteiger partial charge in [0, 0.05) is 43.2 Å². The molecule has 2 aromatic rings. The van der Waals surface area contributed by atoms with Crippen LogP contribution in [0.5, 0.6) is 0 Å². The molecule has 1 amide bonds. The van der Waals surface area contributed by atoms with Crippen LogP contribution in [0.3, 0.4) is 0 Å². The van der Waals surface area contributed by atoms with Crippen LogP contribution >= 0.6 is 0 Å². The van der Waals surface area contributed by atoms with Crippen molar-refractivity contribution < 1.29 is 4.79 Å². The van der Waals surface area contributed by atoms with Crippen molar-refractivity contribution >= 4 is 17.4 Å². The summed E-state index contributed by atoms with van der Waals surface area (Å²) in [4.78, 5) is 15.1. The van der Waals surface area contributed by atoms with Gasteiger partial charge in [-0.05, 0) is 13.0 Å². The van der Waals surface area contributed by atoms with Gasteiger partial charge < -0.3 is 11.1 Å². The molecule has 6 heteroatoms. The molecule has 0 aliphatic heterocycles. The SMILES string of the molecule is CC(=O)Nc1cc(N)c(-c2cc(C)n(C)n2)cn1. The number of nitrogens with zero attached hydrogens (tertiary/aromatic N) is 3. The molecule has 0 aliphatic carbocycles. The lowest BCUT2D eigenvalue weighted by Gasteiger charge is -2.05. The van der Waals surface area contributed by atoms with E-state index in [1.54, 1.807) is 16.9 Å². The average Bonchev–Trinajstić information content (AvgIpc) is 2.58. The summed E-state index contributed by atoms with van der Waals surface area (Å²) in [5.74, 6) is 0.264. The molecular weight excluding hydrogens is 230 g/mol. The van der Waals surface area contributed by atoms with E-state index in [1.165, 1.54) is 6.92 Å². The van der Waals surface area contributed by atoms with Crippen molar-refractivity contribution in [2.45, 2.75) is 13.8 Å². The Morgan fingerprint density at radius 1 is 1.44 bits per heavy atom. The Kier molecular flexibility index (Phi) is 3.01. The second kappa shape index (κ2) is 4.48. The van der Waals surface area contributed by atoms with Crippen molar-refractivity contribution in [3.05, 3.63) is 24.0 Å². The number of nitrogens with two attached hydrogens (primary N) is 1. The van der Waals surface area contributed by atoms with Crippen LogP contribution in [0.1, 0.15) is 12.6 Å². The number of aromatic nitrogens is 3. The van der Waals surface area contributed by atoms with Gasteiger partial charge in [-0.1, -0.05) is 0 Å². The Morgan fingerprint density at radius 3 is 2.67 bits per heavy atom.